The molecule has 0 spiro atoms. The summed E-state index contributed by atoms with van der Waals surface area (Å²) < 4.78 is 0. The Hall–Kier alpha value is -1.29. The molecule has 0 atom stereocenters. The lowest BCUT2D eigenvalue weighted by molar-refractivity contribution is 0.0357. The Labute approximate surface area is 114 Å². The smallest absolute Gasteiger partial charge is 0.270 e. The van der Waals surface area contributed by atoms with E-state index >= 15 is 0 Å². The van der Waals surface area contributed by atoms with Crippen LogP contribution >= 0.6 is 0 Å². The van der Waals surface area contributed by atoms with Gasteiger partial charge in [-0.1, -0.05) is 0 Å². The molecule has 19 heavy (non-hydrogen) atoms. The van der Waals surface area contributed by atoms with Crippen molar-refractivity contribution in [2.75, 3.05) is 13.1 Å². The fourth-order valence-electron chi connectivity index (χ4n) is 2.84. The normalized spacial score (nSPS) is 17.8. The maximum atomic E-state index is 12.3. The third-order valence-electron chi connectivity index (χ3n) is 3.75. The molecule has 4 nitrogen and oxygen atoms in total. The van der Waals surface area contributed by atoms with Gasteiger partial charge < -0.3 is 15.0 Å². The lowest BCUT2D eigenvalue weighted by Gasteiger charge is -2.34. The second kappa shape index (κ2) is 5.37. The summed E-state index contributed by atoms with van der Waals surface area (Å²) in [6.07, 6.45) is 4.63. The zero-order chi connectivity index (χ0) is 14.0. The van der Waals surface area contributed by atoms with E-state index in [1.54, 1.807) is 0 Å². The number of H-pyrrole nitrogens is 1. The Balaban J connectivity index is 1.88. The summed E-state index contributed by atoms with van der Waals surface area (Å²) >= 11 is 0. The molecule has 2 N–H and O–H groups in total. The number of nitrogens with zero attached hydrogens (tertiary/aromatic N) is 1. The third kappa shape index (κ3) is 3.83. The van der Waals surface area contributed by atoms with E-state index in [9.17, 15) is 9.90 Å². The number of nitrogens with one attached hydrogen (secondary N) is 1. The van der Waals surface area contributed by atoms with E-state index in [-0.39, 0.29) is 5.91 Å². The average molecular weight is 264 g/mol. The molecule has 0 radical (unpaired) electrons. The van der Waals surface area contributed by atoms with Crippen LogP contribution in [0, 0.1) is 12.8 Å². The minimum Gasteiger partial charge on any atom is -0.390 e. The SMILES string of the molecule is Cc1c[nH]c(C(=O)N2CCC(CC(C)(C)O)CC2)c1. The van der Waals surface area contributed by atoms with Crippen LogP contribution in [0.3, 0.4) is 0 Å². The number of carbonyl (C=O) groups is 1. The molecule has 1 aliphatic rings. The second-order valence-corrected chi connectivity index (χ2v) is 6.34. The fraction of sp³-hybridized carbons (Fsp3) is 0.667. The molecular formula is C15H24N2O2. The largest absolute Gasteiger partial charge is 0.390 e. The van der Waals surface area contributed by atoms with Gasteiger partial charge in [-0.05, 0) is 57.6 Å². The highest BCUT2D eigenvalue weighted by Crippen LogP contribution is 2.26. The number of amides is 1. The van der Waals surface area contributed by atoms with Gasteiger partial charge in [0.15, 0.2) is 0 Å². The Bertz CT molecular complexity index is 437. The summed E-state index contributed by atoms with van der Waals surface area (Å²) in [6, 6.07) is 1.89. The first kappa shape index (κ1) is 14.1. The molecule has 1 aromatic rings. The minimum absolute atomic E-state index is 0.0924. The zero-order valence-corrected chi connectivity index (χ0v) is 12.1. The Morgan fingerprint density at radius 2 is 2.11 bits per heavy atom. The Morgan fingerprint density at radius 3 is 2.58 bits per heavy atom. The van der Waals surface area contributed by atoms with E-state index in [1.165, 1.54) is 0 Å². The van der Waals surface area contributed by atoms with Crippen molar-refractivity contribution in [1.82, 2.24) is 9.88 Å². The van der Waals surface area contributed by atoms with Crippen LogP contribution in [0.1, 0.15) is 49.2 Å². The van der Waals surface area contributed by atoms with Crippen molar-refractivity contribution in [3.8, 4) is 0 Å². The van der Waals surface area contributed by atoms with E-state index in [0.717, 1.165) is 37.9 Å². The van der Waals surface area contributed by atoms with Crippen molar-refractivity contribution in [3.05, 3.63) is 23.5 Å². The van der Waals surface area contributed by atoms with Gasteiger partial charge in [0.05, 0.1) is 5.60 Å². The van der Waals surface area contributed by atoms with Crippen LogP contribution in [0.2, 0.25) is 0 Å². The number of hydrogen-bond acceptors (Lipinski definition) is 2. The maximum absolute atomic E-state index is 12.3. The van der Waals surface area contributed by atoms with E-state index in [2.05, 4.69) is 4.98 Å². The first-order valence-corrected chi connectivity index (χ1v) is 7.02. The summed E-state index contributed by atoms with van der Waals surface area (Å²) in [5.41, 5.74) is 1.16. The number of aliphatic hydroxyl groups is 1. The number of aromatic nitrogens is 1. The monoisotopic (exact) mass is 264 g/mol. The minimum atomic E-state index is -0.604. The number of aryl methyl sites for hydroxylation is 1. The van der Waals surface area contributed by atoms with Crippen LogP contribution in [0.4, 0.5) is 0 Å². The van der Waals surface area contributed by atoms with Gasteiger partial charge in [0.1, 0.15) is 5.69 Å². The van der Waals surface area contributed by atoms with Crippen molar-refractivity contribution in [3.63, 3.8) is 0 Å². The zero-order valence-electron chi connectivity index (χ0n) is 12.1. The van der Waals surface area contributed by atoms with Gasteiger partial charge >= 0.3 is 0 Å². The highest BCUT2D eigenvalue weighted by atomic mass is 16.3. The van der Waals surface area contributed by atoms with Crippen molar-refractivity contribution >= 4 is 5.91 Å². The predicted molar refractivity (Wildman–Crippen MR) is 75.1 cm³/mol. The fourth-order valence-corrected chi connectivity index (χ4v) is 2.84. The molecule has 1 aliphatic heterocycles. The van der Waals surface area contributed by atoms with Crippen LogP contribution in [-0.2, 0) is 0 Å². The van der Waals surface area contributed by atoms with Crippen LogP contribution in [0.15, 0.2) is 12.3 Å². The molecule has 0 bridgehead atoms. The molecule has 2 heterocycles. The molecular weight excluding hydrogens is 240 g/mol. The van der Waals surface area contributed by atoms with Crippen molar-refractivity contribution in [2.24, 2.45) is 5.92 Å². The van der Waals surface area contributed by atoms with Crippen molar-refractivity contribution < 1.29 is 9.90 Å². The summed E-state index contributed by atoms with van der Waals surface area (Å²) in [4.78, 5) is 17.2. The summed E-state index contributed by atoms with van der Waals surface area (Å²) in [7, 11) is 0. The molecule has 0 aromatic carbocycles. The molecule has 1 aromatic heterocycles. The number of piperidine rings is 1. The standard InChI is InChI=1S/C15H24N2O2/c1-11-8-13(16-10-11)14(18)17-6-4-12(5-7-17)9-15(2,3)19/h8,10,12,16,19H,4-7,9H2,1-3H3. The molecule has 0 aliphatic carbocycles. The van der Waals surface area contributed by atoms with E-state index < -0.39 is 5.60 Å². The van der Waals surface area contributed by atoms with Crippen LogP contribution < -0.4 is 0 Å². The molecule has 0 unspecified atom stereocenters. The van der Waals surface area contributed by atoms with Gasteiger partial charge in [-0.3, -0.25) is 4.79 Å². The van der Waals surface area contributed by atoms with Gasteiger partial charge in [-0.25, -0.2) is 0 Å². The topological polar surface area (TPSA) is 56.3 Å². The Kier molecular flexibility index (Phi) is 3.99. The number of rotatable bonds is 3. The molecule has 1 saturated heterocycles. The van der Waals surface area contributed by atoms with Crippen LogP contribution in [0.5, 0.6) is 0 Å². The predicted octanol–water partition coefficient (Wildman–Crippen LogP) is 2.34. The highest BCUT2D eigenvalue weighted by molar-refractivity contribution is 5.92. The van der Waals surface area contributed by atoms with E-state index in [4.69, 9.17) is 0 Å². The van der Waals surface area contributed by atoms with Gasteiger partial charge in [0.2, 0.25) is 0 Å². The third-order valence-corrected chi connectivity index (χ3v) is 3.75. The van der Waals surface area contributed by atoms with Gasteiger partial charge in [0, 0.05) is 19.3 Å². The summed E-state index contributed by atoms with van der Waals surface area (Å²) in [6.45, 7) is 7.26. The van der Waals surface area contributed by atoms with E-state index in [0.29, 0.717) is 11.6 Å². The molecule has 2 rings (SSSR count). The maximum Gasteiger partial charge on any atom is 0.270 e. The number of hydrogen-bond donors (Lipinski definition) is 2. The molecule has 1 amide bonds. The summed E-state index contributed by atoms with van der Waals surface area (Å²) in [5.74, 6) is 0.615. The van der Waals surface area contributed by atoms with Crippen molar-refractivity contribution in [1.29, 1.82) is 0 Å². The molecule has 1 fully saturated rings. The van der Waals surface area contributed by atoms with Gasteiger partial charge in [-0.15, -0.1) is 0 Å². The second-order valence-electron chi connectivity index (χ2n) is 6.34. The van der Waals surface area contributed by atoms with Crippen LogP contribution in [0.25, 0.3) is 0 Å². The number of carbonyl (C=O) groups excluding carboxylic acids is 1. The average Bonchev–Trinajstić information content (AvgIpc) is 2.74. The molecule has 4 heteroatoms. The van der Waals surface area contributed by atoms with Gasteiger partial charge in [-0.2, -0.15) is 0 Å². The lowest BCUT2D eigenvalue weighted by atomic mass is 9.86. The van der Waals surface area contributed by atoms with E-state index in [1.807, 2.05) is 37.9 Å². The molecule has 106 valence electrons. The number of likely N-dealkylation sites (tertiary alicyclic amines) is 1. The van der Waals surface area contributed by atoms with Crippen molar-refractivity contribution in [2.45, 2.75) is 45.6 Å². The van der Waals surface area contributed by atoms with Gasteiger partial charge in [0.25, 0.3) is 5.91 Å². The first-order chi connectivity index (χ1) is 8.85. The quantitative estimate of drug-likeness (QED) is 0.880. The highest BCUT2D eigenvalue weighted by Gasteiger charge is 2.27. The Morgan fingerprint density at radius 1 is 1.47 bits per heavy atom. The molecule has 0 saturated carbocycles. The summed E-state index contributed by atoms with van der Waals surface area (Å²) in [5, 5.41) is 9.84. The first-order valence-electron chi connectivity index (χ1n) is 7.02. The lowest BCUT2D eigenvalue weighted by Crippen LogP contribution is -2.40. The number of aromatic amines is 1. The van der Waals surface area contributed by atoms with Crippen LogP contribution in [-0.4, -0.2) is 39.6 Å².